The third kappa shape index (κ3) is 2.79. The standard InChI is InChI=1S/C14H18INO2/c1-2-16(11-5-3-4-6-11)14(18)12-9-10(15)7-8-13(12)17/h7-9,11,17H,2-6H2,1H3. The lowest BCUT2D eigenvalue weighted by Crippen LogP contribution is -2.38. The number of amides is 1. The number of carbonyl (C=O) groups excluding carboxylic acids is 1. The van der Waals surface area contributed by atoms with Gasteiger partial charge in [-0.05, 0) is 60.6 Å². The van der Waals surface area contributed by atoms with E-state index < -0.39 is 0 Å². The summed E-state index contributed by atoms with van der Waals surface area (Å²) in [6.45, 7) is 2.70. The van der Waals surface area contributed by atoms with E-state index in [1.807, 2.05) is 11.8 Å². The number of benzene rings is 1. The van der Waals surface area contributed by atoms with Crippen molar-refractivity contribution in [3.05, 3.63) is 27.3 Å². The Morgan fingerprint density at radius 3 is 2.72 bits per heavy atom. The minimum Gasteiger partial charge on any atom is -0.507 e. The average molecular weight is 359 g/mol. The molecule has 1 aliphatic carbocycles. The Labute approximate surface area is 121 Å². The van der Waals surface area contributed by atoms with E-state index in [1.165, 1.54) is 12.8 Å². The number of aromatic hydroxyl groups is 1. The van der Waals surface area contributed by atoms with Gasteiger partial charge in [-0.2, -0.15) is 0 Å². The molecule has 1 fully saturated rings. The van der Waals surface area contributed by atoms with Crippen molar-refractivity contribution in [2.24, 2.45) is 0 Å². The monoisotopic (exact) mass is 359 g/mol. The van der Waals surface area contributed by atoms with Crippen molar-refractivity contribution in [2.75, 3.05) is 6.54 Å². The van der Waals surface area contributed by atoms with Gasteiger partial charge in [0.15, 0.2) is 0 Å². The summed E-state index contributed by atoms with van der Waals surface area (Å²) in [4.78, 5) is 14.4. The summed E-state index contributed by atoms with van der Waals surface area (Å²) in [5, 5.41) is 9.84. The highest BCUT2D eigenvalue weighted by Gasteiger charge is 2.27. The molecule has 98 valence electrons. The Morgan fingerprint density at radius 2 is 2.11 bits per heavy atom. The molecule has 0 spiro atoms. The quantitative estimate of drug-likeness (QED) is 0.841. The van der Waals surface area contributed by atoms with Crippen molar-refractivity contribution in [1.82, 2.24) is 4.90 Å². The lowest BCUT2D eigenvalue weighted by Gasteiger charge is -2.28. The topological polar surface area (TPSA) is 40.5 Å². The van der Waals surface area contributed by atoms with Gasteiger partial charge >= 0.3 is 0 Å². The van der Waals surface area contributed by atoms with E-state index in [4.69, 9.17) is 0 Å². The van der Waals surface area contributed by atoms with Crippen LogP contribution in [0.25, 0.3) is 0 Å². The Morgan fingerprint density at radius 1 is 1.44 bits per heavy atom. The number of phenols is 1. The first-order valence-corrected chi connectivity index (χ1v) is 7.51. The maximum atomic E-state index is 12.5. The van der Waals surface area contributed by atoms with Crippen LogP contribution in [0.1, 0.15) is 43.0 Å². The van der Waals surface area contributed by atoms with Gasteiger partial charge in [-0.1, -0.05) is 12.8 Å². The van der Waals surface area contributed by atoms with E-state index in [-0.39, 0.29) is 11.7 Å². The Kier molecular flexibility index (Phi) is 4.48. The van der Waals surface area contributed by atoms with E-state index in [2.05, 4.69) is 22.6 Å². The molecule has 3 nitrogen and oxygen atoms in total. The first-order valence-electron chi connectivity index (χ1n) is 6.43. The Balaban J connectivity index is 2.25. The largest absolute Gasteiger partial charge is 0.507 e. The molecule has 1 aliphatic rings. The average Bonchev–Trinajstić information content (AvgIpc) is 2.87. The molecule has 0 atom stereocenters. The third-order valence-corrected chi connectivity index (χ3v) is 4.23. The molecule has 2 rings (SSSR count). The molecule has 0 saturated heterocycles. The molecule has 1 saturated carbocycles. The van der Waals surface area contributed by atoms with Crippen LogP contribution >= 0.6 is 22.6 Å². The molecule has 0 radical (unpaired) electrons. The summed E-state index contributed by atoms with van der Waals surface area (Å²) in [6, 6.07) is 5.51. The second kappa shape index (κ2) is 5.91. The van der Waals surface area contributed by atoms with Crippen LogP contribution in [0, 0.1) is 3.57 Å². The van der Waals surface area contributed by atoms with E-state index in [9.17, 15) is 9.90 Å². The highest BCUT2D eigenvalue weighted by atomic mass is 127. The van der Waals surface area contributed by atoms with E-state index >= 15 is 0 Å². The number of nitrogens with zero attached hydrogens (tertiary/aromatic N) is 1. The molecule has 1 aromatic carbocycles. The highest BCUT2D eigenvalue weighted by molar-refractivity contribution is 14.1. The van der Waals surface area contributed by atoms with Gasteiger partial charge in [0.2, 0.25) is 0 Å². The zero-order valence-corrected chi connectivity index (χ0v) is 12.7. The number of hydrogen-bond donors (Lipinski definition) is 1. The number of phenolic OH excluding ortho intramolecular Hbond substituents is 1. The van der Waals surface area contributed by atoms with Crippen molar-refractivity contribution < 1.29 is 9.90 Å². The van der Waals surface area contributed by atoms with Gasteiger partial charge in [-0.3, -0.25) is 4.79 Å². The molecule has 0 unspecified atom stereocenters. The van der Waals surface area contributed by atoms with Crippen molar-refractivity contribution in [1.29, 1.82) is 0 Å². The lowest BCUT2D eigenvalue weighted by atomic mass is 10.1. The maximum Gasteiger partial charge on any atom is 0.257 e. The van der Waals surface area contributed by atoms with Crippen LogP contribution in [0.15, 0.2) is 18.2 Å². The molecule has 4 heteroatoms. The van der Waals surface area contributed by atoms with Gasteiger partial charge in [-0.25, -0.2) is 0 Å². The molecule has 1 aromatic rings. The number of hydrogen-bond acceptors (Lipinski definition) is 2. The second-order valence-electron chi connectivity index (χ2n) is 4.69. The first-order chi connectivity index (χ1) is 8.63. The number of halogens is 1. The van der Waals surface area contributed by atoms with E-state index in [0.717, 1.165) is 16.4 Å². The first kappa shape index (κ1) is 13.6. The smallest absolute Gasteiger partial charge is 0.257 e. The normalized spacial score (nSPS) is 15.9. The molecule has 18 heavy (non-hydrogen) atoms. The fraction of sp³-hybridized carbons (Fsp3) is 0.500. The summed E-state index contributed by atoms with van der Waals surface area (Å²) < 4.78 is 0.969. The minimum absolute atomic E-state index is 0.0413. The summed E-state index contributed by atoms with van der Waals surface area (Å²) in [7, 11) is 0. The van der Waals surface area contributed by atoms with Gasteiger partial charge in [0, 0.05) is 16.2 Å². The fourth-order valence-corrected chi connectivity index (χ4v) is 3.11. The van der Waals surface area contributed by atoms with Crippen molar-refractivity contribution >= 4 is 28.5 Å². The Bertz CT molecular complexity index is 441. The number of rotatable bonds is 3. The van der Waals surface area contributed by atoms with Crippen molar-refractivity contribution in [2.45, 2.75) is 38.6 Å². The summed E-state index contributed by atoms with van der Waals surface area (Å²) in [5.41, 5.74) is 0.427. The summed E-state index contributed by atoms with van der Waals surface area (Å²) >= 11 is 2.16. The van der Waals surface area contributed by atoms with Crippen molar-refractivity contribution in [3.8, 4) is 5.75 Å². The molecule has 0 heterocycles. The predicted octanol–water partition coefficient (Wildman–Crippen LogP) is 3.40. The molecule has 1 amide bonds. The van der Waals surface area contributed by atoms with Crippen LogP contribution in [-0.4, -0.2) is 28.5 Å². The van der Waals surface area contributed by atoms with Gasteiger partial charge in [0.05, 0.1) is 5.56 Å². The highest BCUT2D eigenvalue weighted by Crippen LogP contribution is 2.27. The van der Waals surface area contributed by atoms with Gasteiger partial charge < -0.3 is 10.0 Å². The van der Waals surface area contributed by atoms with Crippen molar-refractivity contribution in [3.63, 3.8) is 0 Å². The molecule has 1 N–H and O–H groups in total. The molecular formula is C14H18INO2. The summed E-state index contributed by atoms with van der Waals surface area (Å²) in [5.74, 6) is 0.0391. The second-order valence-corrected chi connectivity index (χ2v) is 5.94. The minimum atomic E-state index is -0.0413. The third-order valence-electron chi connectivity index (χ3n) is 3.56. The van der Waals surface area contributed by atoms with E-state index in [1.54, 1.807) is 18.2 Å². The van der Waals surface area contributed by atoms with Crippen LogP contribution < -0.4 is 0 Å². The molecule has 0 bridgehead atoms. The van der Waals surface area contributed by atoms with E-state index in [0.29, 0.717) is 18.2 Å². The molecule has 0 aromatic heterocycles. The van der Waals surface area contributed by atoms with Crippen LogP contribution in [0.4, 0.5) is 0 Å². The molecular weight excluding hydrogens is 341 g/mol. The van der Waals surface area contributed by atoms with Crippen LogP contribution in [0.3, 0.4) is 0 Å². The van der Waals surface area contributed by atoms with Gasteiger partial charge in [-0.15, -0.1) is 0 Å². The summed E-state index contributed by atoms with van der Waals surface area (Å²) in [6.07, 6.45) is 4.58. The lowest BCUT2D eigenvalue weighted by molar-refractivity contribution is 0.0690. The zero-order valence-electron chi connectivity index (χ0n) is 10.5. The van der Waals surface area contributed by atoms with Crippen LogP contribution in [0.2, 0.25) is 0 Å². The number of carbonyl (C=O) groups is 1. The zero-order chi connectivity index (χ0) is 13.1. The van der Waals surface area contributed by atoms with Gasteiger partial charge in [0.25, 0.3) is 5.91 Å². The maximum absolute atomic E-state index is 12.5. The molecule has 0 aliphatic heterocycles. The SMILES string of the molecule is CCN(C(=O)c1cc(I)ccc1O)C1CCCC1. The fourth-order valence-electron chi connectivity index (χ4n) is 2.62. The van der Waals surface area contributed by atoms with Gasteiger partial charge in [0.1, 0.15) is 5.75 Å². The Hall–Kier alpha value is -0.780. The van der Waals surface area contributed by atoms with Crippen LogP contribution in [0.5, 0.6) is 5.75 Å². The van der Waals surface area contributed by atoms with Crippen LogP contribution in [-0.2, 0) is 0 Å². The predicted molar refractivity (Wildman–Crippen MR) is 79.8 cm³/mol.